The number of carbonyl (C=O) groups is 2. The van der Waals surface area contributed by atoms with Crippen molar-refractivity contribution < 1.29 is 77.0 Å². The number of anilines is 2. The van der Waals surface area contributed by atoms with Crippen LogP contribution >= 0.6 is 0 Å². The molecule has 2 saturated heterocycles. The van der Waals surface area contributed by atoms with E-state index in [1.807, 2.05) is 0 Å². The van der Waals surface area contributed by atoms with Gasteiger partial charge < -0.3 is 24.7 Å². The van der Waals surface area contributed by atoms with E-state index in [1.54, 1.807) is 31.4 Å². The average molecular weight is 657 g/mol. The van der Waals surface area contributed by atoms with Crippen molar-refractivity contribution in [3.63, 3.8) is 0 Å². The van der Waals surface area contributed by atoms with Crippen LogP contribution in [-0.4, -0.2) is 57.7 Å². The van der Waals surface area contributed by atoms with Crippen LogP contribution in [0.5, 0.6) is 11.5 Å². The topological polar surface area (TPSA) is 101 Å². The largest absolute Gasteiger partial charge is 0.674 e. The van der Waals surface area contributed by atoms with Gasteiger partial charge in [0.1, 0.15) is 18.5 Å². The summed E-state index contributed by atoms with van der Waals surface area (Å²) in [5, 5.41) is 0. The predicted molar refractivity (Wildman–Crippen MR) is 109 cm³/mol. The van der Waals surface area contributed by atoms with Crippen molar-refractivity contribution in [1.29, 1.82) is 0 Å². The fraction of sp³-hybridized carbons (Fsp3) is 0.333. The molecule has 2 amide bonds. The molecule has 4 rings (SSSR count). The van der Waals surface area contributed by atoms with Crippen molar-refractivity contribution in [1.82, 2.24) is 0 Å². The molecular formula is C21H21AcFN3O6-. The zero-order chi connectivity index (χ0) is 22.0. The van der Waals surface area contributed by atoms with Crippen LogP contribution in [0.1, 0.15) is 0 Å². The maximum absolute atomic E-state index is 14.5. The zero-order valence-corrected chi connectivity index (χ0v) is 22.1. The summed E-state index contributed by atoms with van der Waals surface area (Å²) in [6, 6.07) is 11.1. The second kappa shape index (κ2) is 10.7. The van der Waals surface area contributed by atoms with E-state index in [4.69, 9.17) is 24.7 Å². The molecule has 2 atom stereocenters. The summed E-state index contributed by atoms with van der Waals surface area (Å²) in [6.07, 6.45) is -2.22. The van der Waals surface area contributed by atoms with Crippen LogP contribution in [0.15, 0.2) is 42.5 Å². The van der Waals surface area contributed by atoms with Crippen molar-refractivity contribution in [2.24, 2.45) is 0 Å². The molecule has 0 aliphatic carbocycles. The van der Waals surface area contributed by atoms with Crippen molar-refractivity contribution in [2.45, 2.75) is 12.2 Å². The minimum atomic E-state index is -0.657. The summed E-state index contributed by atoms with van der Waals surface area (Å²) in [6.45, 7) is 0.376. The second-order valence-corrected chi connectivity index (χ2v) is 7.06. The van der Waals surface area contributed by atoms with Gasteiger partial charge in [-0.05, 0) is 36.4 Å². The second-order valence-electron chi connectivity index (χ2n) is 7.06. The third-order valence-electron chi connectivity index (χ3n) is 5.01. The molecule has 167 valence electrons. The van der Waals surface area contributed by atoms with Crippen LogP contribution in [-0.2, 0) is 9.47 Å². The van der Waals surface area contributed by atoms with Crippen molar-refractivity contribution in [3.8, 4) is 11.5 Å². The zero-order valence-electron chi connectivity index (χ0n) is 17.3. The molecular weight excluding hydrogens is 636 g/mol. The average Bonchev–Trinajstić information content (AvgIpc) is 3.35. The van der Waals surface area contributed by atoms with Crippen LogP contribution < -0.4 is 19.3 Å². The van der Waals surface area contributed by atoms with Crippen LogP contribution in [0.3, 0.4) is 0 Å². The first-order valence-electron chi connectivity index (χ1n) is 9.65. The van der Waals surface area contributed by atoms with Gasteiger partial charge in [-0.15, -0.1) is 6.54 Å². The fourth-order valence-corrected chi connectivity index (χ4v) is 3.38. The summed E-state index contributed by atoms with van der Waals surface area (Å²) in [5.41, 5.74) is 8.30. The number of hydrogen-bond acceptors (Lipinski definition) is 6. The normalized spacial score (nSPS) is 20.0. The van der Waals surface area contributed by atoms with Gasteiger partial charge in [-0.2, -0.15) is 0 Å². The Labute approximate surface area is 220 Å². The number of nitrogens with one attached hydrogen (secondary N) is 1. The van der Waals surface area contributed by atoms with Gasteiger partial charge in [0, 0.05) is 55.8 Å². The monoisotopic (exact) mass is 657 g/mol. The molecule has 2 aliphatic rings. The van der Waals surface area contributed by atoms with Gasteiger partial charge in [0.25, 0.3) is 0 Å². The van der Waals surface area contributed by atoms with Gasteiger partial charge in [-0.3, -0.25) is 9.80 Å². The predicted octanol–water partition coefficient (Wildman–Crippen LogP) is 3.62. The number of cyclic esters (lactones) is 2. The Balaban J connectivity index is 0.00000289. The summed E-state index contributed by atoms with van der Waals surface area (Å²) >= 11 is 0. The fourth-order valence-electron chi connectivity index (χ4n) is 3.38. The molecule has 32 heavy (non-hydrogen) atoms. The molecule has 1 N–H and O–H groups in total. The van der Waals surface area contributed by atoms with Gasteiger partial charge in [0.2, 0.25) is 0 Å². The Morgan fingerprint density at radius 2 is 1.59 bits per heavy atom. The van der Waals surface area contributed by atoms with E-state index in [1.165, 1.54) is 28.0 Å². The third-order valence-corrected chi connectivity index (χ3v) is 5.01. The molecule has 0 spiro atoms. The first kappa shape index (κ1) is 24.6. The molecule has 1 unspecified atom stereocenters. The molecule has 0 aromatic heterocycles. The quantitative estimate of drug-likeness (QED) is 0.451. The Kier molecular flexibility index (Phi) is 8.20. The molecule has 2 aliphatic heterocycles. The molecule has 9 nitrogen and oxygen atoms in total. The Morgan fingerprint density at radius 1 is 1.00 bits per heavy atom. The molecule has 11 heteroatoms. The molecule has 0 saturated carbocycles. The number of halogens is 1. The Hall–Kier alpha value is -2.09. The van der Waals surface area contributed by atoms with E-state index in [0.29, 0.717) is 17.1 Å². The number of nitrogens with zero attached hydrogens (tertiary/aromatic N) is 2. The maximum Gasteiger partial charge on any atom is 0.414 e. The van der Waals surface area contributed by atoms with E-state index < -0.39 is 30.2 Å². The third kappa shape index (κ3) is 5.27. The first-order valence-corrected chi connectivity index (χ1v) is 9.65. The number of ether oxygens (including phenoxy) is 4. The Morgan fingerprint density at radius 3 is 2.19 bits per heavy atom. The van der Waals surface area contributed by atoms with Gasteiger partial charge >= 0.3 is 12.2 Å². The summed E-state index contributed by atoms with van der Waals surface area (Å²) in [5.74, 6) is -0.00390. The van der Waals surface area contributed by atoms with Crippen LogP contribution in [0, 0.1) is 49.9 Å². The van der Waals surface area contributed by atoms with Crippen molar-refractivity contribution >= 4 is 23.6 Å². The minimum absolute atomic E-state index is 0. The maximum atomic E-state index is 14.5. The molecule has 1 radical (unpaired) electrons. The van der Waals surface area contributed by atoms with E-state index in [2.05, 4.69) is 0 Å². The number of benzene rings is 2. The van der Waals surface area contributed by atoms with Crippen molar-refractivity contribution in [2.75, 3.05) is 43.2 Å². The molecule has 0 bridgehead atoms. The first-order chi connectivity index (χ1) is 15.0. The van der Waals surface area contributed by atoms with Crippen LogP contribution in [0.4, 0.5) is 25.4 Å². The number of hydrogen-bond donors (Lipinski definition) is 0. The number of carbonyl (C=O) groups excluding carboxylic acids is 2. The van der Waals surface area contributed by atoms with Gasteiger partial charge in [-0.25, -0.2) is 14.0 Å². The molecule has 2 aromatic carbocycles. The molecule has 2 fully saturated rings. The molecule has 2 aromatic rings. The summed E-state index contributed by atoms with van der Waals surface area (Å²) in [7, 11) is 1.56. The SMILES string of the molecule is COc1ccc(N2CC(COc3ccc(N4C[C@H](C[NH-])OC4=O)cc3F)OC2=O)cc1.[Ac]. The standard InChI is InChI=1S/C21H21FN3O6.Ac/c1-28-15-5-2-13(3-6-15)24-11-17(31-20(24)26)12-29-19-7-4-14(8-18(19)22)25-10-16(9-23)30-21(25)27;/h2-8,16-17,23H,9-12H2,1H3;/q-1;/t16-,17?;/m0./s1. The minimum Gasteiger partial charge on any atom is -0.674 e. The van der Waals surface area contributed by atoms with E-state index in [0.717, 1.165) is 0 Å². The van der Waals surface area contributed by atoms with Gasteiger partial charge in [0.05, 0.1) is 25.9 Å². The van der Waals surface area contributed by atoms with Gasteiger partial charge in [0.15, 0.2) is 17.7 Å². The van der Waals surface area contributed by atoms with Gasteiger partial charge in [-0.1, -0.05) is 0 Å². The van der Waals surface area contributed by atoms with Crippen LogP contribution in [0.25, 0.3) is 5.73 Å². The van der Waals surface area contributed by atoms with E-state index in [-0.39, 0.29) is 76.1 Å². The number of rotatable bonds is 7. The smallest absolute Gasteiger partial charge is 0.414 e. The summed E-state index contributed by atoms with van der Waals surface area (Å²) < 4.78 is 35.5. The number of methoxy groups -OCH3 is 1. The van der Waals surface area contributed by atoms with E-state index in [9.17, 15) is 14.0 Å². The van der Waals surface area contributed by atoms with Crippen molar-refractivity contribution in [3.05, 3.63) is 54.0 Å². The Bertz CT molecular complexity index is 977. The number of amides is 2. The summed E-state index contributed by atoms with van der Waals surface area (Å²) in [4.78, 5) is 26.8. The van der Waals surface area contributed by atoms with E-state index >= 15 is 0 Å². The van der Waals surface area contributed by atoms with Crippen LogP contribution in [0.2, 0.25) is 0 Å². The molecule has 2 heterocycles.